The van der Waals surface area contributed by atoms with Gasteiger partial charge in [0.2, 0.25) is 0 Å². The molecular weight excluding hydrogens is 721 g/mol. The highest BCUT2D eigenvalue weighted by Crippen LogP contribution is 2.17. The molecule has 0 N–H and O–H groups in total. The van der Waals surface area contributed by atoms with Crippen LogP contribution in [-0.4, -0.2) is 37.2 Å². The first-order valence-electron chi connectivity index (χ1n) is 25.9. The van der Waals surface area contributed by atoms with Gasteiger partial charge in [-0.2, -0.15) is 0 Å². The summed E-state index contributed by atoms with van der Waals surface area (Å²) in [5.41, 5.74) is 0. The lowest BCUT2D eigenvalue weighted by molar-refractivity contribution is -0.167. The normalized spacial score (nSPS) is 11.9. The summed E-state index contributed by atoms with van der Waals surface area (Å²) in [4.78, 5) is 37.9. The summed E-state index contributed by atoms with van der Waals surface area (Å²) in [6.07, 6.45) is 48.0. The number of hydrogen-bond donors (Lipinski definition) is 0. The SMILES string of the molecule is CCCCCCCCCCCCCCCCCC(=O)OC[C@@H](COC(=O)CCCCCCCCCCCCC)OC(=O)CCCCCCCCCCCCCC(C)C. The van der Waals surface area contributed by atoms with Gasteiger partial charge >= 0.3 is 17.9 Å². The summed E-state index contributed by atoms with van der Waals surface area (Å²) in [7, 11) is 0. The number of carbonyl (C=O) groups is 3. The van der Waals surface area contributed by atoms with E-state index in [0.29, 0.717) is 19.3 Å². The molecule has 0 radical (unpaired) electrons. The third-order valence-electron chi connectivity index (χ3n) is 11.8. The number of hydrogen-bond acceptors (Lipinski definition) is 6. The molecule has 0 aliphatic carbocycles. The molecule has 0 aliphatic rings. The average molecular weight is 821 g/mol. The minimum absolute atomic E-state index is 0.0627. The highest BCUT2D eigenvalue weighted by Gasteiger charge is 2.19. The van der Waals surface area contributed by atoms with Crippen molar-refractivity contribution in [3.63, 3.8) is 0 Å². The van der Waals surface area contributed by atoms with Gasteiger partial charge in [-0.05, 0) is 25.2 Å². The van der Waals surface area contributed by atoms with Crippen LogP contribution in [0.4, 0.5) is 0 Å². The zero-order valence-corrected chi connectivity index (χ0v) is 39.5. The van der Waals surface area contributed by atoms with Crippen LogP contribution in [0.3, 0.4) is 0 Å². The molecule has 0 saturated carbocycles. The molecule has 0 aromatic carbocycles. The lowest BCUT2D eigenvalue weighted by Crippen LogP contribution is -2.30. The van der Waals surface area contributed by atoms with Gasteiger partial charge in [0.15, 0.2) is 6.10 Å². The van der Waals surface area contributed by atoms with E-state index in [0.717, 1.165) is 63.7 Å². The van der Waals surface area contributed by atoms with Crippen molar-refractivity contribution in [1.82, 2.24) is 0 Å². The van der Waals surface area contributed by atoms with E-state index in [1.54, 1.807) is 0 Å². The molecule has 0 aliphatic heterocycles. The average Bonchev–Trinajstić information content (AvgIpc) is 3.21. The summed E-state index contributed by atoms with van der Waals surface area (Å²) in [6.45, 7) is 9.02. The van der Waals surface area contributed by atoms with Crippen molar-refractivity contribution in [3.05, 3.63) is 0 Å². The summed E-state index contributed by atoms with van der Waals surface area (Å²) in [5.74, 6) is -0.0199. The highest BCUT2D eigenvalue weighted by atomic mass is 16.6. The maximum absolute atomic E-state index is 12.8. The topological polar surface area (TPSA) is 78.9 Å². The Bertz CT molecular complexity index is 872. The van der Waals surface area contributed by atoms with Crippen LogP contribution in [0.15, 0.2) is 0 Å². The lowest BCUT2D eigenvalue weighted by Gasteiger charge is -2.18. The van der Waals surface area contributed by atoms with Gasteiger partial charge < -0.3 is 14.2 Å². The van der Waals surface area contributed by atoms with Crippen LogP contribution in [0.1, 0.15) is 291 Å². The van der Waals surface area contributed by atoms with E-state index < -0.39 is 6.10 Å². The molecule has 0 rings (SSSR count). The molecule has 6 heteroatoms. The maximum Gasteiger partial charge on any atom is 0.306 e. The third kappa shape index (κ3) is 45.5. The minimum Gasteiger partial charge on any atom is -0.462 e. The molecule has 0 saturated heterocycles. The largest absolute Gasteiger partial charge is 0.462 e. The first-order chi connectivity index (χ1) is 28.4. The molecule has 0 fully saturated rings. The Labute approximate surface area is 361 Å². The molecule has 0 aromatic rings. The van der Waals surface area contributed by atoms with Crippen molar-refractivity contribution in [3.8, 4) is 0 Å². The first kappa shape index (κ1) is 56.4. The third-order valence-corrected chi connectivity index (χ3v) is 11.8. The summed E-state index contributed by atoms with van der Waals surface area (Å²) < 4.78 is 16.8. The molecule has 1 atom stereocenters. The smallest absolute Gasteiger partial charge is 0.306 e. The standard InChI is InChI=1S/C52H100O6/c1-5-7-9-11-13-15-17-18-19-20-24-28-32-36-40-44-51(54)57-47-49(46-56-50(53)43-39-35-31-27-22-16-14-12-10-8-6-2)58-52(55)45-41-37-33-29-25-21-23-26-30-34-38-42-48(3)4/h48-49H,5-47H2,1-4H3/t49-/m1/s1. The Morgan fingerprint density at radius 3 is 0.845 bits per heavy atom. The Morgan fingerprint density at radius 1 is 0.328 bits per heavy atom. The number of ether oxygens (including phenoxy) is 3. The Morgan fingerprint density at radius 2 is 0.569 bits per heavy atom. The van der Waals surface area contributed by atoms with Crippen molar-refractivity contribution >= 4 is 17.9 Å². The molecule has 0 bridgehead atoms. The molecule has 0 aromatic heterocycles. The van der Waals surface area contributed by atoms with Crippen molar-refractivity contribution in [1.29, 1.82) is 0 Å². The molecule has 0 unspecified atom stereocenters. The molecule has 344 valence electrons. The van der Waals surface area contributed by atoms with Crippen LogP contribution in [0, 0.1) is 5.92 Å². The van der Waals surface area contributed by atoms with Gasteiger partial charge in [0.05, 0.1) is 0 Å². The first-order valence-corrected chi connectivity index (χ1v) is 25.9. The Kier molecular flexibility index (Phi) is 45.2. The molecule has 0 amide bonds. The van der Waals surface area contributed by atoms with Crippen molar-refractivity contribution < 1.29 is 28.6 Å². The van der Waals surface area contributed by atoms with Crippen LogP contribution in [-0.2, 0) is 28.6 Å². The van der Waals surface area contributed by atoms with E-state index in [1.807, 2.05) is 0 Å². The number of esters is 3. The quantitative estimate of drug-likeness (QED) is 0.0346. The fraction of sp³-hybridized carbons (Fsp3) is 0.942. The fourth-order valence-corrected chi connectivity index (χ4v) is 7.86. The fourth-order valence-electron chi connectivity index (χ4n) is 7.86. The lowest BCUT2D eigenvalue weighted by atomic mass is 10.0. The van der Waals surface area contributed by atoms with E-state index in [2.05, 4.69) is 27.7 Å². The van der Waals surface area contributed by atoms with E-state index in [4.69, 9.17) is 14.2 Å². The van der Waals surface area contributed by atoms with Crippen LogP contribution < -0.4 is 0 Å². The maximum atomic E-state index is 12.8. The molecule has 0 heterocycles. The van der Waals surface area contributed by atoms with E-state index in [-0.39, 0.29) is 31.1 Å². The van der Waals surface area contributed by atoms with Crippen LogP contribution >= 0.6 is 0 Å². The monoisotopic (exact) mass is 821 g/mol. The molecular formula is C52H100O6. The predicted octanol–water partition coefficient (Wildman–Crippen LogP) is 16.7. The van der Waals surface area contributed by atoms with Gasteiger partial charge in [0.1, 0.15) is 13.2 Å². The molecule has 6 nitrogen and oxygen atoms in total. The summed E-state index contributed by atoms with van der Waals surface area (Å²) in [6, 6.07) is 0. The second-order valence-electron chi connectivity index (χ2n) is 18.3. The van der Waals surface area contributed by atoms with Gasteiger partial charge in [0.25, 0.3) is 0 Å². The van der Waals surface area contributed by atoms with Gasteiger partial charge in [-0.3, -0.25) is 14.4 Å². The van der Waals surface area contributed by atoms with Crippen LogP contribution in [0.2, 0.25) is 0 Å². The van der Waals surface area contributed by atoms with Crippen molar-refractivity contribution in [2.75, 3.05) is 13.2 Å². The van der Waals surface area contributed by atoms with Crippen molar-refractivity contribution in [2.24, 2.45) is 5.92 Å². The number of carbonyl (C=O) groups excluding carboxylic acids is 3. The second kappa shape index (κ2) is 46.5. The number of unbranched alkanes of at least 4 members (excludes halogenated alkanes) is 34. The summed E-state index contributed by atoms with van der Waals surface area (Å²) >= 11 is 0. The van der Waals surface area contributed by atoms with Gasteiger partial charge in [0, 0.05) is 19.3 Å². The zero-order chi connectivity index (χ0) is 42.4. The predicted molar refractivity (Wildman–Crippen MR) is 247 cm³/mol. The van der Waals surface area contributed by atoms with E-state index >= 15 is 0 Å². The van der Waals surface area contributed by atoms with E-state index in [9.17, 15) is 14.4 Å². The number of rotatable bonds is 47. The van der Waals surface area contributed by atoms with Crippen molar-refractivity contribution in [2.45, 2.75) is 297 Å². The second-order valence-corrected chi connectivity index (χ2v) is 18.3. The van der Waals surface area contributed by atoms with Gasteiger partial charge in [-0.25, -0.2) is 0 Å². The zero-order valence-electron chi connectivity index (χ0n) is 39.5. The van der Waals surface area contributed by atoms with Gasteiger partial charge in [-0.1, -0.05) is 252 Å². The van der Waals surface area contributed by atoms with E-state index in [1.165, 1.54) is 186 Å². The Balaban J connectivity index is 4.30. The minimum atomic E-state index is -0.760. The van der Waals surface area contributed by atoms with Gasteiger partial charge in [-0.15, -0.1) is 0 Å². The van der Waals surface area contributed by atoms with Crippen LogP contribution in [0.25, 0.3) is 0 Å². The molecule has 58 heavy (non-hydrogen) atoms. The molecule has 0 spiro atoms. The van der Waals surface area contributed by atoms with Crippen LogP contribution in [0.5, 0.6) is 0 Å². The summed E-state index contributed by atoms with van der Waals surface area (Å²) in [5, 5.41) is 0. The highest BCUT2D eigenvalue weighted by molar-refractivity contribution is 5.71. The Hall–Kier alpha value is -1.59.